The number of hydrogen-bond donors (Lipinski definition) is 0. The van der Waals surface area contributed by atoms with E-state index in [-0.39, 0.29) is 0 Å². The summed E-state index contributed by atoms with van der Waals surface area (Å²) in [6, 6.07) is 0. The van der Waals surface area contributed by atoms with Gasteiger partial charge < -0.3 is 0 Å². The third kappa shape index (κ3) is 4.28. The highest BCUT2D eigenvalue weighted by molar-refractivity contribution is 4.95. The van der Waals surface area contributed by atoms with E-state index in [2.05, 4.69) is 16.7 Å². The summed E-state index contributed by atoms with van der Waals surface area (Å²) in [6.07, 6.45) is 3.19. The first-order valence-electron chi connectivity index (χ1n) is 5.09. The number of likely N-dealkylation sites (tertiary alicyclic amines) is 1. The molecular weight excluding hydrogens is 165 g/mol. The smallest absolute Gasteiger partial charge is 0.113 e. The molecule has 0 aromatic rings. The van der Waals surface area contributed by atoms with Gasteiger partial charge in [-0.2, -0.15) is 0 Å². The Morgan fingerprint density at radius 2 is 2.31 bits per heavy atom. The Labute approximate surface area is 80.3 Å². The van der Waals surface area contributed by atoms with Crippen molar-refractivity contribution in [1.82, 2.24) is 4.90 Å². The van der Waals surface area contributed by atoms with Crippen LogP contribution in [-0.2, 0) is 0 Å². The van der Waals surface area contributed by atoms with Crippen molar-refractivity contribution in [3.05, 3.63) is 0 Å². The van der Waals surface area contributed by atoms with Crippen molar-refractivity contribution in [2.75, 3.05) is 19.6 Å². The van der Waals surface area contributed by atoms with Gasteiger partial charge in [-0.1, -0.05) is 0 Å². The van der Waals surface area contributed by atoms with Crippen LogP contribution in [0.15, 0.2) is 0 Å². The molecule has 1 saturated heterocycles. The summed E-state index contributed by atoms with van der Waals surface area (Å²) in [5, 5.41) is 0. The zero-order valence-corrected chi connectivity index (χ0v) is 8.35. The summed E-state index contributed by atoms with van der Waals surface area (Å²) in [5.41, 5.74) is 0. The van der Waals surface area contributed by atoms with Crippen LogP contribution in [0, 0.1) is 11.8 Å². The lowest BCUT2D eigenvalue weighted by molar-refractivity contribution is 0.210. The van der Waals surface area contributed by atoms with Crippen LogP contribution in [-0.4, -0.2) is 30.7 Å². The Balaban J connectivity index is 2.25. The lowest BCUT2D eigenvalue weighted by Crippen LogP contribution is -2.29. The fourth-order valence-electron chi connectivity index (χ4n) is 1.71. The molecule has 0 radical (unpaired) electrons. The van der Waals surface area contributed by atoms with Gasteiger partial charge in [0.2, 0.25) is 0 Å². The van der Waals surface area contributed by atoms with Gasteiger partial charge >= 0.3 is 0 Å². The van der Waals surface area contributed by atoms with Crippen molar-refractivity contribution in [3.8, 4) is 11.8 Å². The highest BCUT2D eigenvalue weighted by atomic mass is 19.1. The van der Waals surface area contributed by atoms with Gasteiger partial charge in [-0.15, -0.1) is 11.8 Å². The van der Waals surface area contributed by atoms with E-state index in [1.165, 1.54) is 0 Å². The van der Waals surface area contributed by atoms with E-state index in [1.807, 2.05) is 6.92 Å². The third-order valence-corrected chi connectivity index (χ3v) is 2.43. The van der Waals surface area contributed by atoms with Crippen LogP contribution >= 0.6 is 0 Å². The fourth-order valence-corrected chi connectivity index (χ4v) is 1.71. The summed E-state index contributed by atoms with van der Waals surface area (Å²) < 4.78 is 13.1. The van der Waals surface area contributed by atoms with Crippen LogP contribution in [0.4, 0.5) is 4.39 Å². The van der Waals surface area contributed by atoms with Crippen LogP contribution in [0.1, 0.15) is 32.6 Å². The highest BCUT2D eigenvalue weighted by Crippen LogP contribution is 2.13. The molecule has 1 heterocycles. The van der Waals surface area contributed by atoms with Gasteiger partial charge in [-0.3, -0.25) is 4.90 Å². The molecule has 0 aromatic heterocycles. The normalized spacial score (nSPS) is 24.6. The summed E-state index contributed by atoms with van der Waals surface area (Å²) in [4.78, 5) is 2.20. The lowest BCUT2D eigenvalue weighted by Gasteiger charge is -2.19. The number of alkyl halides is 1. The van der Waals surface area contributed by atoms with Crippen molar-refractivity contribution in [2.24, 2.45) is 0 Å². The molecule has 0 spiro atoms. The van der Waals surface area contributed by atoms with E-state index < -0.39 is 6.17 Å². The molecule has 0 bridgehead atoms. The van der Waals surface area contributed by atoms with E-state index >= 15 is 0 Å². The van der Waals surface area contributed by atoms with E-state index in [4.69, 9.17) is 0 Å². The molecule has 0 amide bonds. The number of hydrogen-bond acceptors (Lipinski definition) is 1. The molecule has 1 nitrogen and oxygen atoms in total. The second kappa shape index (κ2) is 5.99. The molecule has 1 rings (SSSR count). The molecule has 0 aromatic carbocycles. The Kier molecular flexibility index (Phi) is 4.85. The van der Waals surface area contributed by atoms with E-state index in [9.17, 15) is 4.39 Å². The van der Waals surface area contributed by atoms with Crippen molar-refractivity contribution in [2.45, 2.75) is 38.8 Å². The molecule has 2 heteroatoms. The zero-order valence-electron chi connectivity index (χ0n) is 8.35. The second-order valence-electron chi connectivity index (χ2n) is 3.57. The largest absolute Gasteiger partial charge is 0.300 e. The quantitative estimate of drug-likeness (QED) is 0.593. The summed E-state index contributed by atoms with van der Waals surface area (Å²) in [5.74, 6) is 5.88. The van der Waals surface area contributed by atoms with Crippen LogP contribution in [0.5, 0.6) is 0 Å². The summed E-state index contributed by atoms with van der Waals surface area (Å²) >= 11 is 0. The lowest BCUT2D eigenvalue weighted by atomic mass is 10.2. The minimum absolute atomic E-state index is 0.614. The molecule has 1 aliphatic heterocycles. The van der Waals surface area contributed by atoms with E-state index in [1.54, 1.807) is 0 Å². The molecule has 13 heavy (non-hydrogen) atoms. The van der Waals surface area contributed by atoms with Crippen LogP contribution in [0.2, 0.25) is 0 Å². The third-order valence-electron chi connectivity index (χ3n) is 2.43. The topological polar surface area (TPSA) is 3.24 Å². The fraction of sp³-hybridized carbons (Fsp3) is 0.818. The molecule has 1 fully saturated rings. The molecule has 0 N–H and O–H groups in total. The van der Waals surface area contributed by atoms with Crippen molar-refractivity contribution in [3.63, 3.8) is 0 Å². The maximum absolute atomic E-state index is 13.1. The number of halogens is 1. The minimum atomic E-state index is -0.614. The van der Waals surface area contributed by atoms with Gasteiger partial charge in [0.05, 0.1) is 0 Å². The number of rotatable bonds is 2. The molecular formula is C11H18FN. The Morgan fingerprint density at radius 1 is 1.46 bits per heavy atom. The van der Waals surface area contributed by atoms with Crippen LogP contribution in [0.25, 0.3) is 0 Å². The van der Waals surface area contributed by atoms with Gasteiger partial charge in [-0.05, 0) is 32.7 Å². The van der Waals surface area contributed by atoms with Gasteiger partial charge in [0.1, 0.15) is 6.17 Å². The van der Waals surface area contributed by atoms with Gasteiger partial charge in [0.25, 0.3) is 0 Å². The van der Waals surface area contributed by atoms with Crippen molar-refractivity contribution in [1.29, 1.82) is 0 Å². The predicted octanol–water partition coefficient (Wildman–Crippen LogP) is 2.22. The Hall–Kier alpha value is -0.550. The molecule has 0 aliphatic carbocycles. The number of nitrogens with zero attached hydrogens (tertiary/aromatic N) is 1. The van der Waals surface area contributed by atoms with Gasteiger partial charge in [-0.25, -0.2) is 4.39 Å². The predicted molar refractivity (Wildman–Crippen MR) is 53.3 cm³/mol. The minimum Gasteiger partial charge on any atom is -0.300 e. The van der Waals surface area contributed by atoms with Gasteiger partial charge in [0.15, 0.2) is 0 Å². The second-order valence-corrected chi connectivity index (χ2v) is 3.57. The molecule has 1 atom stereocenters. The molecule has 0 saturated carbocycles. The average molecular weight is 183 g/mol. The maximum atomic E-state index is 13.1. The molecule has 74 valence electrons. The SMILES string of the molecule is CC#CCCN1CCCCC(F)C1. The highest BCUT2D eigenvalue weighted by Gasteiger charge is 2.16. The monoisotopic (exact) mass is 183 g/mol. The Bertz CT molecular complexity index is 192. The first-order chi connectivity index (χ1) is 6.33. The summed E-state index contributed by atoms with van der Waals surface area (Å²) in [7, 11) is 0. The summed E-state index contributed by atoms with van der Waals surface area (Å²) in [6.45, 7) is 4.44. The maximum Gasteiger partial charge on any atom is 0.113 e. The first-order valence-corrected chi connectivity index (χ1v) is 5.09. The van der Waals surface area contributed by atoms with Crippen LogP contribution < -0.4 is 0 Å². The van der Waals surface area contributed by atoms with E-state index in [0.29, 0.717) is 6.54 Å². The zero-order chi connectivity index (χ0) is 9.52. The van der Waals surface area contributed by atoms with Crippen LogP contribution in [0.3, 0.4) is 0 Å². The standard InChI is InChI=1S/C11H18FN/c1-2-3-5-8-13-9-6-4-7-11(12)10-13/h11H,4-10H2,1H3. The van der Waals surface area contributed by atoms with Crippen molar-refractivity contribution < 1.29 is 4.39 Å². The van der Waals surface area contributed by atoms with E-state index in [0.717, 1.165) is 38.8 Å². The Morgan fingerprint density at radius 3 is 3.08 bits per heavy atom. The molecule has 1 unspecified atom stereocenters. The van der Waals surface area contributed by atoms with Gasteiger partial charge in [0, 0.05) is 19.5 Å². The molecule has 1 aliphatic rings. The first kappa shape index (κ1) is 10.5. The van der Waals surface area contributed by atoms with Crippen molar-refractivity contribution >= 4 is 0 Å². The average Bonchev–Trinajstić information content (AvgIpc) is 2.31.